The van der Waals surface area contributed by atoms with Crippen LogP contribution in [0.25, 0.3) is 0 Å². The maximum Gasteiger partial charge on any atom is 0.326 e. The van der Waals surface area contributed by atoms with E-state index in [1.807, 2.05) is 6.92 Å². The van der Waals surface area contributed by atoms with Crippen molar-refractivity contribution in [1.82, 2.24) is 10.6 Å². The van der Waals surface area contributed by atoms with Gasteiger partial charge in [-0.2, -0.15) is 0 Å². The van der Waals surface area contributed by atoms with E-state index in [1.54, 1.807) is 12.1 Å². The zero-order valence-electron chi connectivity index (χ0n) is 11.9. The molecule has 1 aromatic carbocycles. The van der Waals surface area contributed by atoms with Gasteiger partial charge in [-0.05, 0) is 37.6 Å². The van der Waals surface area contributed by atoms with Gasteiger partial charge in [0.05, 0.1) is 5.41 Å². The summed E-state index contributed by atoms with van der Waals surface area (Å²) in [6.07, 6.45) is 0.884. The molecule has 1 aliphatic heterocycles. The first-order chi connectivity index (χ1) is 9.90. The van der Waals surface area contributed by atoms with Crippen LogP contribution in [0.2, 0.25) is 0 Å². The van der Waals surface area contributed by atoms with Crippen molar-refractivity contribution in [2.75, 3.05) is 13.1 Å². The number of amides is 1. The number of nitrogens with one attached hydrogen (secondary N) is 2. The van der Waals surface area contributed by atoms with Gasteiger partial charge in [0.2, 0.25) is 5.91 Å². The number of carbonyl (C=O) groups excluding carboxylic acids is 1. The Balaban J connectivity index is 2.04. The lowest BCUT2D eigenvalue weighted by atomic mass is 9.88. The molecule has 0 saturated carbocycles. The molecule has 0 aliphatic carbocycles. The molecule has 1 amide bonds. The van der Waals surface area contributed by atoms with Crippen LogP contribution in [0, 0.1) is 5.41 Å². The quantitative estimate of drug-likeness (QED) is 0.633. The average molecular weight is 292 g/mol. The van der Waals surface area contributed by atoms with E-state index >= 15 is 0 Å². The largest absolute Gasteiger partial charge is 0.508 e. The Morgan fingerprint density at radius 1 is 1.38 bits per heavy atom. The summed E-state index contributed by atoms with van der Waals surface area (Å²) in [4.78, 5) is 23.6. The first-order valence-electron chi connectivity index (χ1n) is 6.93. The van der Waals surface area contributed by atoms with Crippen molar-refractivity contribution in [2.24, 2.45) is 5.41 Å². The second-order valence-electron chi connectivity index (χ2n) is 5.72. The highest BCUT2D eigenvalue weighted by Crippen LogP contribution is 2.24. The van der Waals surface area contributed by atoms with Crippen molar-refractivity contribution in [2.45, 2.75) is 25.8 Å². The molecular weight excluding hydrogens is 272 g/mol. The lowest BCUT2D eigenvalue weighted by molar-refractivity contribution is -0.143. The van der Waals surface area contributed by atoms with E-state index in [0.29, 0.717) is 13.0 Å². The number of benzene rings is 1. The molecular formula is C15H20N2O4. The zero-order chi connectivity index (χ0) is 15.5. The third kappa shape index (κ3) is 3.72. The van der Waals surface area contributed by atoms with Crippen LogP contribution in [0.1, 0.15) is 18.9 Å². The van der Waals surface area contributed by atoms with Crippen LogP contribution < -0.4 is 10.6 Å². The minimum atomic E-state index is -1.06. The van der Waals surface area contributed by atoms with Crippen LogP contribution >= 0.6 is 0 Å². The molecule has 4 N–H and O–H groups in total. The Morgan fingerprint density at radius 3 is 2.57 bits per heavy atom. The topological polar surface area (TPSA) is 98.7 Å². The molecule has 114 valence electrons. The molecule has 1 aromatic rings. The molecule has 0 bridgehead atoms. The molecule has 0 aromatic heterocycles. The van der Waals surface area contributed by atoms with E-state index in [2.05, 4.69) is 10.6 Å². The predicted molar refractivity (Wildman–Crippen MR) is 77.0 cm³/mol. The van der Waals surface area contributed by atoms with E-state index in [0.717, 1.165) is 12.1 Å². The number of hydrogen-bond donors (Lipinski definition) is 4. The van der Waals surface area contributed by atoms with Gasteiger partial charge in [0, 0.05) is 13.0 Å². The summed E-state index contributed by atoms with van der Waals surface area (Å²) in [5.74, 6) is -1.18. The highest BCUT2D eigenvalue weighted by atomic mass is 16.4. The Hall–Kier alpha value is -2.08. The fourth-order valence-electron chi connectivity index (χ4n) is 2.41. The summed E-state index contributed by atoms with van der Waals surface area (Å²) < 4.78 is 0. The molecule has 1 heterocycles. The molecule has 0 spiro atoms. The van der Waals surface area contributed by atoms with Crippen LogP contribution in [0.5, 0.6) is 5.75 Å². The average Bonchev–Trinajstić information content (AvgIpc) is 2.88. The number of hydrogen-bond acceptors (Lipinski definition) is 4. The molecule has 2 atom stereocenters. The first kappa shape index (κ1) is 15.3. The van der Waals surface area contributed by atoms with Gasteiger partial charge in [0.1, 0.15) is 11.8 Å². The standard InChI is InChI=1S/C15H20N2O4/c1-15(6-7-16-9-15)14(21)17-12(13(19)20)8-10-2-4-11(18)5-3-10/h2-5,12,16,18H,6-9H2,1H3,(H,17,21)(H,19,20)/t12-,15?/m1/s1. The number of rotatable bonds is 5. The smallest absolute Gasteiger partial charge is 0.326 e. The summed E-state index contributed by atoms with van der Waals surface area (Å²) >= 11 is 0. The van der Waals surface area contributed by atoms with E-state index in [9.17, 15) is 19.8 Å². The number of aliphatic carboxylic acids is 1. The number of carbonyl (C=O) groups is 2. The second kappa shape index (κ2) is 6.13. The first-order valence-corrected chi connectivity index (χ1v) is 6.93. The van der Waals surface area contributed by atoms with Crippen molar-refractivity contribution in [3.63, 3.8) is 0 Å². The SMILES string of the molecule is CC1(C(=O)N[C@H](Cc2ccc(O)cc2)C(=O)O)CCNC1. The van der Waals surface area contributed by atoms with Gasteiger partial charge in [-0.15, -0.1) is 0 Å². The fraction of sp³-hybridized carbons (Fsp3) is 0.467. The zero-order valence-corrected chi connectivity index (χ0v) is 11.9. The Labute approximate surface area is 123 Å². The normalized spacial score (nSPS) is 22.7. The minimum absolute atomic E-state index is 0.124. The van der Waals surface area contributed by atoms with Crippen molar-refractivity contribution >= 4 is 11.9 Å². The van der Waals surface area contributed by atoms with Gasteiger partial charge in [-0.3, -0.25) is 4.79 Å². The third-order valence-electron chi connectivity index (χ3n) is 3.90. The van der Waals surface area contributed by atoms with Crippen molar-refractivity contribution in [1.29, 1.82) is 0 Å². The van der Waals surface area contributed by atoms with E-state index in [-0.39, 0.29) is 18.1 Å². The van der Waals surface area contributed by atoms with Gasteiger partial charge in [0.15, 0.2) is 0 Å². The Kier molecular flexibility index (Phi) is 4.47. The molecule has 1 fully saturated rings. The molecule has 1 unspecified atom stereocenters. The minimum Gasteiger partial charge on any atom is -0.508 e. The second-order valence-corrected chi connectivity index (χ2v) is 5.72. The van der Waals surface area contributed by atoms with Crippen LogP contribution in [0.4, 0.5) is 0 Å². The highest BCUT2D eigenvalue weighted by Gasteiger charge is 2.38. The van der Waals surface area contributed by atoms with Gasteiger partial charge in [-0.25, -0.2) is 4.79 Å². The summed E-state index contributed by atoms with van der Waals surface area (Å²) in [5, 5.41) is 24.3. The van der Waals surface area contributed by atoms with Crippen LogP contribution in [-0.2, 0) is 16.0 Å². The van der Waals surface area contributed by atoms with Crippen LogP contribution in [0.15, 0.2) is 24.3 Å². The molecule has 6 nitrogen and oxygen atoms in total. The Morgan fingerprint density at radius 2 is 2.05 bits per heavy atom. The summed E-state index contributed by atoms with van der Waals surface area (Å²) in [5.41, 5.74) is 0.193. The lowest BCUT2D eigenvalue weighted by Gasteiger charge is -2.24. The van der Waals surface area contributed by atoms with E-state index < -0.39 is 17.4 Å². The number of carboxylic acid groups (broad SMARTS) is 1. The summed E-state index contributed by atoms with van der Waals surface area (Å²) in [6, 6.07) is 5.32. The molecule has 1 saturated heterocycles. The van der Waals surface area contributed by atoms with E-state index in [1.165, 1.54) is 12.1 Å². The monoisotopic (exact) mass is 292 g/mol. The molecule has 21 heavy (non-hydrogen) atoms. The third-order valence-corrected chi connectivity index (χ3v) is 3.90. The van der Waals surface area contributed by atoms with Crippen LogP contribution in [0.3, 0.4) is 0 Å². The molecule has 6 heteroatoms. The lowest BCUT2D eigenvalue weighted by Crippen LogP contribution is -2.49. The van der Waals surface area contributed by atoms with Crippen molar-refractivity contribution in [3.05, 3.63) is 29.8 Å². The van der Waals surface area contributed by atoms with Gasteiger partial charge >= 0.3 is 5.97 Å². The van der Waals surface area contributed by atoms with E-state index in [4.69, 9.17) is 0 Å². The fourth-order valence-corrected chi connectivity index (χ4v) is 2.41. The highest BCUT2D eigenvalue weighted by molar-refractivity contribution is 5.87. The number of phenols is 1. The van der Waals surface area contributed by atoms with Crippen molar-refractivity contribution < 1.29 is 19.8 Å². The summed E-state index contributed by atoms with van der Waals surface area (Å²) in [7, 11) is 0. The van der Waals surface area contributed by atoms with Crippen molar-refractivity contribution in [3.8, 4) is 5.75 Å². The predicted octanol–water partition coefficient (Wildman–Crippen LogP) is 0.504. The maximum atomic E-state index is 12.3. The van der Waals surface area contributed by atoms with Gasteiger partial charge in [-0.1, -0.05) is 12.1 Å². The number of phenolic OH excluding ortho intramolecular Hbond substituents is 1. The molecule has 2 rings (SSSR count). The maximum absolute atomic E-state index is 12.3. The molecule has 0 radical (unpaired) electrons. The van der Waals surface area contributed by atoms with Gasteiger partial charge in [0.25, 0.3) is 0 Å². The van der Waals surface area contributed by atoms with Gasteiger partial charge < -0.3 is 20.8 Å². The summed E-state index contributed by atoms with van der Waals surface area (Å²) in [6.45, 7) is 3.16. The number of aromatic hydroxyl groups is 1. The number of carboxylic acids is 1. The van der Waals surface area contributed by atoms with Crippen LogP contribution in [-0.4, -0.2) is 41.2 Å². The Bertz CT molecular complexity index is 521. The molecule has 1 aliphatic rings.